The minimum atomic E-state index is -0.470. The van der Waals surface area contributed by atoms with Crippen LogP contribution in [0.3, 0.4) is 0 Å². The van der Waals surface area contributed by atoms with Crippen molar-refractivity contribution in [1.82, 2.24) is 5.43 Å². The Morgan fingerprint density at radius 2 is 1.83 bits per heavy atom. The van der Waals surface area contributed by atoms with E-state index in [0.717, 1.165) is 0 Å². The third-order valence-corrected chi connectivity index (χ3v) is 4.75. The number of amides is 1. The van der Waals surface area contributed by atoms with Crippen molar-refractivity contribution < 1.29 is 23.8 Å². The summed E-state index contributed by atoms with van der Waals surface area (Å²) in [5.74, 6) is 0.00791. The first-order chi connectivity index (χ1) is 14.0. The summed E-state index contributed by atoms with van der Waals surface area (Å²) < 4.78 is 17.3. The lowest BCUT2D eigenvalue weighted by atomic mass is 10.2. The minimum absolute atomic E-state index is 0.234. The number of nitrogens with one attached hydrogen (secondary N) is 1. The molecular formula is C20H20Br2N2O5. The summed E-state index contributed by atoms with van der Waals surface area (Å²) in [5.41, 5.74) is 3.62. The molecule has 0 aromatic heterocycles. The highest BCUT2D eigenvalue weighted by Crippen LogP contribution is 2.36. The Labute approximate surface area is 185 Å². The smallest absolute Gasteiger partial charge is 0.344 e. The van der Waals surface area contributed by atoms with Gasteiger partial charge in [-0.2, -0.15) is 5.10 Å². The van der Waals surface area contributed by atoms with E-state index in [4.69, 9.17) is 14.2 Å². The van der Waals surface area contributed by atoms with Crippen molar-refractivity contribution in [2.24, 2.45) is 5.10 Å². The van der Waals surface area contributed by atoms with E-state index in [1.54, 1.807) is 37.3 Å². The number of carbonyl (C=O) groups is 2. The lowest BCUT2D eigenvalue weighted by Crippen LogP contribution is -2.18. The number of hydrogen-bond acceptors (Lipinski definition) is 6. The van der Waals surface area contributed by atoms with Crippen LogP contribution in [-0.4, -0.2) is 37.9 Å². The van der Waals surface area contributed by atoms with Gasteiger partial charge in [0.1, 0.15) is 0 Å². The molecule has 0 fully saturated rings. The van der Waals surface area contributed by atoms with Crippen LogP contribution >= 0.6 is 31.9 Å². The largest absolute Gasteiger partial charge is 0.490 e. The van der Waals surface area contributed by atoms with Crippen LogP contribution in [0.1, 0.15) is 29.8 Å². The molecule has 2 aromatic carbocycles. The highest BCUT2D eigenvalue weighted by atomic mass is 79.9. The van der Waals surface area contributed by atoms with Gasteiger partial charge >= 0.3 is 5.97 Å². The molecule has 1 N–H and O–H groups in total. The maximum absolute atomic E-state index is 12.2. The lowest BCUT2D eigenvalue weighted by molar-refractivity contribution is -0.145. The highest BCUT2D eigenvalue weighted by Gasteiger charge is 2.14. The molecular weight excluding hydrogens is 508 g/mol. The average Bonchev–Trinajstić information content (AvgIpc) is 2.68. The fraction of sp³-hybridized carbons (Fsp3) is 0.250. The summed E-state index contributed by atoms with van der Waals surface area (Å²) in [6.07, 6.45) is 1.48. The molecule has 0 saturated heterocycles. The van der Waals surface area contributed by atoms with Gasteiger partial charge in [0.15, 0.2) is 18.1 Å². The number of nitrogens with zero attached hydrogens (tertiary/aromatic N) is 1. The normalized spacial score (nSPS) is 10.6. The van der Waals surface area contributed by atoms with Gasteiger partial charge in [0.2, 0.25) is 0 Å². The monoisotopic (exact) mass is 526 g/mol. The molecule has 2 rings (SSSR count). The van der Waals surface area contributed by atoms with Crippen molar-refractivity contribution in [1.29, 1.82) is 0 Å². The predicted molar refractivity (Wildman–Crippen MR) is 117 cm³/mol. The molecule has 0 aliphatic rings. The van der Waals surface area contributed by atoms with Gasteiger partial charge in [-0.05, 0) is 75.5 Å². The van der Waals surface area contributed by atoms with E-state index < -0.39 is 5.97 Å². The molecule has 9 heteroatoms. The molecule has 2 aromatic rings. The molecule has 0 atom stereocenters. The lowest BCUT2D eigenvalue weighted by Gasteiger charge is -2.14. The Kier molecular flexibility index (Phi) is 9.14. The fourth-order valence-electron chi connectivity index (χ4n) is 2.27. The molecule has 0 saturated carbocycles. The van der Waals surface area contributed by atoms with Crippen LogP contribution in [0, 0.1) is 0 Å². The maximum atomic E-state index is 12.2. The van der Waals surface area contributed by atoms with Gasteiger partial charge in [-0.25, -0.2) is 10.2 Å². The van der Waals surface area contributed by atoms with Gasteiger partial charge in [-0.3, -0.25) is 4.79 Å². The molecule has 0 bridgehead atoms. The molecule has 0 spiro atoms. The van der Waals surface area contributed by atoms with E-state index in [-0.39, 0.29) is 19.1 Å². The molecule has 154 valence electrons. The van der Waals surface area contributed by atoms with E-state index >= 15 is 0 Å². The first-order valence-electron chi connectivity index (χ1n) is 8.78. The molecule has 0 aliphatic carbocycles. The molecule has 0 unspecified atom stereocenters. The van der Waals surface area contributed by atoms with Crippen molar-refractivity contribution in [3.05, 3.63) is 56.5 Å². The van der Waals surface area contributed by atoms with Crippen LogP contribution < -0.4 is 14.9 Å². The van der Waals surface area contributed by atoms with Crippen molar-refractivity contribution >= 4 is 50.0 Å². The van der Waals surface area contributed by atoms with Crippen molar-refractivity contribution in [2.75, 3.05) is 19.8 Å². The third-order valence-electron chi connectivity index (χ3n) is 3.47. The van der Waals surface area contributed by atoms with E-state index in [2.05, 4.69) is 42.4 Å². The van der Waals surface area contributed by atoms with Gasteiger partial charge in [0, 0.05) is 4.47 Å². The zero-order chi connectivity index (χ0) is 21.2. The number of benzene rings is 2. The zero-order valence-corrected chi connectivity index (χ0v) is 19.1. The Balaban J connectivity index is 2.12. The number of carbonyl (C=O) groups excluding carboxylic acids is 2. The number of hydrogen-bond donors (Lipinski definition) is 1. The van der Waals surface area contributed by atoms with Crippen molar-refractivity contribution in [3.63, 3.8) is 0 Å². The van der Waals surface area contributed by atoms with E-state index in [1.807, 2.05) is 13.0 Å². The Bertz CT molecular complexity index is 902. The van der Waals surface area contributed by atoms with Gasteiger partial charge in [-0.1, -0.05) is 12.1 Å². The molecule has 0 aliphatic heterocycles. The summed E-state index contributed by atoms with van der Waals surface area (Å²) in [5, 5.41) is 3.99. The molecule has 0 heterocycles. The van der Waals surface area contributed by atoms with Crippen LogP contribution in [0.4, 0.5) is 0 Å². The topological polar surface area (TPSA) is 86.2 Å². The van der Waals surface area contributed by atoms with Crippen molar-refractivity contribution in [3.8, 4) is 11.5 Å². The summed E-state index contributed by atoms with van der Waals surface area (Å²) in [6.45, 7) is 4.01. The number of ether oxygens (including phenoxy) is 3. The van der Waals surface area contributed by atoms with E-state index in [9.17, 15) is 9.59 Å². The minimum Gasteiger partial charge on any atom is -0.490 e. The second-order valence-corrected chi connectivity index (χ2v) is 7.24. The van der Waals surface area contributed by atoms with Gasteiger partial charge < -0.3 is 14.2 Å². The predicted octanol–water partition coefficient (Wildman–Crippen LogP) is 4.32. The third kappa shape index (κ3) is 6.86. The molecule has 1 amide bonds. The van der Waals surface area contributed by atoms with Crippen LogP contribution in [0.5, 0.6) is 11.5 Å². The van der Waals surface area contributed by atoms with E-state index in [0.29, 0.717) is 38.2 Å². The van der Waals surface area contributed by atoms with Crippen LogP contribution in [0.15, 0.2) is 50.4 Å². The van der Waals surface area contributed by atoms with Crippen molar-refractivity contribution in [2.45, 2.75) is 13.8 Å². The summed E-state index contributed by atoms with van der Waals surface area (Å²) in [6, 6.07) is 10.5. The molecule has 0 radical (unpaired) electrons. The summed E-state index contributed by atoms with van der Waals surface area (Å²) in [7, 11) is 0. The standard InChI is InChI=1S/C20H20Br2N2O5/c1-3-27-17-10-13(9-16(22)19(17)29-12-18(25)28-4-2)11-23-24-20(26)14-7-5-6-8-15(14)21/h5-11H,3-4,12H2,1-2H3,(H,24,26)/b23-11-. The quantitative estimate of drug-likeness (QED) is 0.298. The van der Waals surface area contributed by atoms with Gasteiger partial charge in [0.25, 0.3) is 5.91 Å². The number of halogens is 2. The SMILES string of the molecule is CCOC(=O)COc1c(Br)cc(/C=N\NC(=O)c2ccccc2Br)cc1OCC. The van der Waals surface area contributed by atoms with Crippen LogP contribution in [-0.2, 0) is 9.53 Å². The molecule has 7 nitrogen and oxygen atoms in total. The maximum Gasteiger partial charge on any atom is 0.344 e. The molecule has 29 heavy (non-hydrogen) atoms. The highest BCUT2D eigenvalue weighted by molar-refractivity contribution is 9.10. The van der Waals surface area contributed by atoms with Crippen LogP contribution in [0.25, 0.3) is 0 Å². The van der Waals surface area contributed by atoms with E-state index in [1.165, 1.54) is 6.21 Å². The Hall–Kier alpha value is -2.39. The number of hydrazone groups is 1. The zero-order valence-electron chi connectivity index (χ0n) is 15.9. The first-order valence-corrected chi connectivity index (χ1v) is 10.4. The summed E-state index contributed by atoms with van der Waals surface area (Å²) in [4.78, 5) is 23.7. The van der Waals surface area contributed by atoms with Gasteiger partial charge in [-0.15, -0.1) is 0 Å². The Morgan fingerprint density at radius 1 is 1.07 bits per heavy atom. The first kappa shape index (κ1) is 22.9. The Morgan fingerprint density at radius 3 is 2.52 bits per heavy atom. The van der Waals surface area contributed by atoms with Gasteiger partial charge in [0.05, 0.1) is 29.5 Å². The number of esters is 1. The number of rotatable bonds is 9. The fourth-order valence-corrected chi connectivity index (χ4v) is 3.31. The van der Waals surface area contributed by atoms with Crippen LogP contribution in [0.2, 0.25) is 0 Å². The average molecular weight is 528 g/mol. The summed E-state index contributed by atoms with van der Waals surface area (Å²) >= 11 is 6.74. The second kappa shape index (κ2) is 11.6. The second-order valence-electron chi connectivity index (χ2n) is 5.54.